The molecule has 0 spiro atoms. The lowest BCUT2D eigenvalue weighted by Gasteiger charge is -2.37. The summed E-state index contributed by atoms with van der Waals surface area (Å²) < 4.78 is 0. The molecule has 2 aliphatic carbocycles. The second kappa shape index (κ2) is 3.83. The molecule has 2 atom stereocenters. The van der Waals surface area contributed by atoms with Crippen molar-refractivity contribution < 1.29 is 4.79 Å². The minimum atomic E-state index is -0.209. The van der Waals surface area contributed by atoms with Gasteiger partial charge in [0.25, 0.3) is 0 Å². The van der Waals surface area contributed by atoms with E-state index in [-0.39, 0.29) is 5.41 Å². The summed E-state index contributed by atoms with van der Waals surface area (Å²) in [6, 6.07) is 10.5. The average Bonchev–Trinajstić information content (AvgIpc) is 2.70. The number of carbonyl (C=O) groups is 1. The van der Waals surface area contributed by atoms with Crippen LogP contribution < -0.4 is 0 Å². The highest BCUT2D eigenvalue weighted by Crippen LogP contribution is 2.54. The Morgan fingerprint density at radius 3 is 2.71 bits per heavy atom. The van der Waals surface area contributed by atoms with Gasteiger partial charge in [-0.3, -0.25) is 4.79 Å². The number of ketones is 1. The van der Waals surface area contributed by atoms with Crippen LogP contribution in [-0.2, 0) is 4.79 Å². The van der Waals surface area contributed by atoms with Gasteiger partial charge in [0.15, 0.2) is 0 Å². The standard InChI is InChI=1S/C16H18O/c1-16-13(8-5-9-15(16)17)10-11-14(16)12-6-3-2-4-7-12/h2-4,6-7,10,14H,5,8-9,11H2,1H3/t14-,16+/m0/s1. The van der Waals surface area contributed by atoms with E-state index in [0.717, 1.165) is 25.7 Å². The molecule has 1 aromatic carbocycles. The first-order valence-corrected chi connectivity index (χ1v) is 6.50. The summed E-state index contributed by atoms with van der Waals surface area (Å²) >= 11 is 0. The minimum Gasteiger partial charge on any atom is -0.299 e. The van der Waals surface area contributed by atoms with E-state index in [1.54, 1.807) is 0 Å². The van der Waals surface area contributed by atoms with Crippen LogP contribution in [0.5, 0.6) is 0 Å². The molecule has 0 saturated heterocycles. The van der Waals surface area contributed by atoms with Crippen LogP contribution in [0.2, 0.25) is 0 Å². The van der Waals surface area contributed by atoms with Crippen molar-refractivity contribution in [1.29, 1.82) is 0 Å². The number of hydrogen-bond acceptors (Lipinski definition) is 1. The molecule has 88 valence electrons. The SMILES string of the molecule is C[C@@]12C(=O)CCCC1=CC[C@H]2c1ccccc1. The summed E-state index contributed by atoms with van der Waals surface area (Å²) in [7, 11) is 0. The van der Waals surface area contributed by atoms with Crippen molar-refractivity contribution in [2.24, 2.45) is 5.41 Å². The van der Waals surface area contributed by atoms with Crippen LogP contribution >= 0.6 is 0 Å². The number of allylic oxidation sites excluding steroid dienone is 2. The van der Waals surface area contributed by atoms with Gasteiger partial charge in [-0.25, -0.2) is 0 Å². The Labute approximate surface area is 103 Å². The van der Waals surface area contributed by atoms with Gasteiger partial charge in [0, 0.05) is 12.3 Å². The zero-order valence-corrected chi connectivity index (χ0v) is 10.3. The van der Waals surface area contributed by atoms with Crippen molar-refractivity contribution in [3.63, 3.8) is 0 Å². The van der Waals surface area contributed by atoms with E-state index in [4.69, 9.17) is 0 Å². The van der Waals surface area contributed by atoms with E-state index in [0.29, 0.717) is 11.7 Å². The maximum atomic E-state index is 12.3. The van der Waals surface area contributed by atoms with Crippen molar-refractivity contribution in [3.8, 4) is 0 Å². The van der Waals surface area contributed by atoms with Gasteiger partial charge in [-0.2, -0.15) is 0 Å². The number of carbonyl (C=O) groups excluding carboxylic acids is 1. The van der Waals surface area contributed by atoms with Crippen molar-refractivity contribution in [2.45, 2.75) is 38.5 Å². The lowest BCUT2D eigenvalue weighted by atomic mass is 9.65. The molecule has 1 heteroatoms. The quantitative estimate of drug-likeness (QED) is 0.664. The highest BCUT2D eigenvalue weighted by atomic mass is 16.1. The van der Waals surface area contributed by atoms with Crippen LogP contribution in [0.3, 0.4) is 0 Å². The third-order valence-corrected chi connectivity index (χ3v) is 4.60. The van der Waals surface area contributed by atoms with Gasteiger partial charge in [-0.05, 0) is 31.7 Å². The van der Waals surface area contributed by atoms with Crippen LogP contribution in [0, 0.1) is 5.41 Å². The van der Waals surface area contributed by atoms with E-state index in [1.807, 2.05) is 6.07 Å². The first-order valence-electron chi connectivity index (χ1n) is 6.50. The molecule has 0 amide bonds. The van der Waals surface area contributed by atoms with Gasteiger partial charge in [0.1, 0.15) is 5.78 Å². The molecule has 2 aliphatic rings. The summed E-state index contributed by atoms with van der Waals surface area (Å²) in [6.45, 7) is 2.16. The van der Waals surface area contributed by atoms with E-state index in [1.165, 1.54) is 11.1 Å². The van der Waals surface area contributed by atoms with Crippen molar-refractivity contribution >= 4 is 5.78 Å². The largest absolute Gasteiger partial charge is 0.299 e. The van der Waals surface area contributed by atoms with Crippen LogP contribution in [-0.4, -0.2) is 5.78 Å². The lowest BCUT2D eigenvalue weighted by Crippen LogP contribution is -2.36. The molecule has 0 aliphatic heterocycles. The molecule has 1 aromatic rings. The predicted molar refractivity (Wildman–Crippen MR) is 68.8 cm³/mol. The number of rotatable bonds is 1. The molecular weight excluding hydrogens is 208 g/mol. The van der Waals surface area contributed by atoms with Crippen LogP contribution in [0.4, 0.5) is 0 Å². The first-order chi connectivity index (χ1) is 8.23. The Morgan fingerprint density at radius 2 is 1.94 bits per heavy atom. The topological polar surface area (TPSA) is 17.1 Å². The Bertz CT molecular complexity index is 472. The van der Waals surface area contributed by atoms with Gasteiger partial charge in [-0.1, -0.05) is 42.0 Å². The molecule has 0 unspecified atom stereocenters. The molecule has 3 rings (SSSR count). The highest BCUT2D eigenvalue weighted by Gasteiger charge is 2.48. The van der Waals surface area contributed by atoms with Gasteiger partial charge >= 0.3 is 0 Å². The third-order valence-electron chi connectivity index (χ3n) is 4.60. The van der Waals surface area contributed by atoms with E-state index in [9.17, 15) is 4.79 Å². The molecule has 0 aromatic heterocycles. The van der Waals surface area contributed by atoms with Crippen LogP contribution in [0.1, 0.15) is 44.1 Å². The fraction of sp³-hybridized carbons (Fsp3) is 0.438. The molecule has 0 bridgehead atoms. The first kappa shape index (κ1) is 10.8. The summed E-state index contributed by atoms with van der Waals surface area (Å²) in [4.78, 5) is 12.3. The van der Waals surface area contributed by atoms with Crippen molar-refractivity contribution in [2.75, 3.05) is 0 Å². The summed E-state index contributed by atoms with van der Waals surface area (Å²) in [5.74, 6) is 0.813. The fourth-order valence-electron chi connectivity index (χ4n) is 3.52. The fourth-order valence-corrected chi connectivity index (χ4v) is 3.52. The maximum absolute atomic E-state index is 12.3. The number of fused-ring (bicyclic) bond motifs is 1. The number of Topliss-reactive ketones (excluding diaryl/α,β-unsaturated/α-hetero) is 1. The molecule has 1 nitrogen and oxygen atoms in total. The van der Waals surface area contributed by atoms with Gasteiger partial charge in [0.05, 0.1) is 5.41 Å². The second-order valence-corrected chi connectivity index (χ2v) is 5.41. The van der Waals surface area contributed by atoms with Gasteiger partial charge in [0.2, 0.25) is 0 Å². The summed E-state index contributed by atoms with van der Waals surface area (Å²) in [5, 5.41) is 0. The number of benzene rings is 1. The number of hydrogen-bond donors (Lipinski definition) is 0. The zero-order chi connectivity index (χ0) is 11.9. The average molecular weight is 226 g/mol. The van der Waals surface area contributed by atoms with E-state index in [2.05, 4.69) is 37.3 Å². The monoisotopic (exact) mass is 226 g/mol. The third kappa shape index (κ3) is 1.49. The van der Waals surface area contributed by atoms with Crippen LogP contribution in [0.15, 0.2) is 42.0 Å². The molecule has 1 fully saturated rings. The Hall–Kier alpha value is -1.37. The molecule has 0 heterocycles. The molecule has 17 heavy (non-hydrogen) atoms. The second-order valence-electron chi connectivity index (χ2n) is 5.41. The van der Waals surface area contributed by atoms with E-state index < -0.39 is 0 Å². The highest BCUT2D eigenvalue weighted by molar-refractivity contribution is 5.90. The van der Waals surface area contributed by atoms with Crippen LogP contribution in [0.25, 0.3) is 0 Å². The zero-order valence-electron chi connectivity index (χ0n) is 10.3. The Morgan fingerprint density at radius 1 is 1.18 bits per heavy atom. The smallest absolute Gasteiger partial charge is 0.143 e. The molecular formula is C16H18O. The molecule has 1 saturated carbocycles. The van der Waals surface area contributed by atoms with E-state index >= 15 is 0 Å². The predicted octanol–water partition coefficient (Wildman–Crippen LogP) is 3.86. The lowest BCUT2D eigenvalue weighted by molar-refractivity contribution is -0.128. The van der Waals surface area contributed by atoms with Gasteiger partial charge < -0.3 is 0 Å². The normalized spacial score (nSPS) is 32.2. The summed E-state index contributed by atoms with van der Waals surface area (Å²) in [5.41, 5.74) is 2.50. The summed E-state index contributed by atoms with van der Waals surface area (Å²) in [6.07, 6.45) is 6.26. The van der Waals surface area contributed by atoms with Crippen molar-refractivity contribution in [3.05, 3.63) is 47.5 Å². The Kier molecular flexibility index (Phi) is 2.43. The molecule has 0 radical (unpaired) electrons. The van der Waals surface area contributed by atoms with Gasteiger partial charge in [-0.15, -0.1) is 0 Å². The Balaban J connectivity index is 2.02. The maximum Gasteiger partial charge on any atom is 0.143 e. The molecule has 0 N–H and O–H groups in total. The van der Waals surface area contributed by atoms with Crippen molar-refractivity contribution in [1.82, 2.24) is 0 Å². The minimum absolute atomic E-state index is 0.209.